The largest absolute Gasteiger partial charge is 0.350 e. The Morgan fingerprint density at radius 3 is 2.37 bits per heavy atom. The minimum absolute atomic E-state index is 0.102. The maximum Gasteiger partial charge on any atom is 0.226 e. The number of rotatable bonds is 5. The molecule has 148 valence electrons. The molecule has 2 amide bonds. The second kappa shape index (κ2) is 6.65. The number of aryl methyl sites for hydroxylation is 1. The summed E-state index contributed by atoms with van der Waals surface area (Å²) in [6.45, 7) is 8.33. The number of carbonyl (C=O) groups excluding carboxylic acids is 2. The van der Waals surface area contributed by atoms with E-state index in [1.165, 1.54) is 11.1 Å². The van der Waals surface area contributed by atoms with E-state index in [4.69, 9.17) is 0 Å². The number of benzene rings is 1. The molecule has 2 aliphatic carbocycles. The van der Waals surface area contributed by atoms with Crippen LogP contribution in [0, 0.1) is 23.7 Å². The van der Waals surface area contributed by atoms with Crippen LogP contribution < -0.4 is 5.32 Å². The zero-order valence-corrected chi connectivity index (χ0v) is 17.7. The molecule has 4 heteroatoms. The Morgan fingerprint density at radius 1 is 1.15 bits per heavy atom. The number of hydrogen-bond acceptors (Lipinski definition) is 2. The second-order valence-electron chi connectivity index (χ2n) is 9.78. The molecular formula is C23H34N2O2. The number of hydrogen-bond donors (Lipinski definition) is 1. The van der Waals surface area contributed by atoms with Crippen LogP contribution in [-0.4, -0.2) is 36.3 Å². The monoisotopic (exact) mass is 370 g/mol. The highest BCUT2D eigenvalue weighted by Crippen LogP contribution is 2.57. The zero-order chi connectivity index (χ0) is 20.0. The standard InChI is InChI=1S/C23H34N2O2/c1-16-8-7-9-17(14-16)15-23(12-13-23)24-20(27)22(4)11-10-18(21(22,2)3)19(26)25(5)6/h7-9,14,18H,10-13,15H2,1-6H3,(H,24,27)/t18-,22+/m0/s1. The van der Waals surface area contributed by atoms with Crippen molar-refractivity contribution in [2.24, 2.45) is 16.7 Å². The van der Waals surface area contributed by atoms with Gasteiger partial charge >= 0.3 is 0 Å². The van der Waals surface area contributed by atoms with Crippen molar-refractivity contribution in [3.63, 3.8) is 0 Å². The van der Waals surface area contributed by atoms with E-state index in [0.29, 0.717) is 0 Å². The lowest BCUT2D eigenvalue weighted by Gasteiger charge is -2.41. The molecule has 2 saturated carbocycles. The second-order valence-corrected chi connectivity index (χ2v) is 9.78. The number of carbonyl (C=O) groups is 2. The smallest absolute Gasteiger partial charge is 0.226 e. The van der Waals surface area contributed by atoms with Gasteiger partial charge < -0.3 is 10.2 Å². The number of amides is 2. The fraction of sp³-hybridized carbons (Fsp3) is 0.652. The molecular weight excluding hydrogens is 336 g/mol. The van der Waals surface area contributed by atoms with Gasteiger partial charge in [0.1, 0.15) is 0 Å². The van der Waals surface area contributed by atoms with Crippen molar-refractivity contribution in [2.45, 2.75) is 65.3 Å². The Kier molecular flexibility index (Phi) is 4.90. The van der Waals surface area contributed by atoms with Crippen LogP contribution in [0.2, 0.25) is 0 Å². The maximum atomic E-state index is 13.4. The molecule has 1 aromatic rings. The lowest BCUT2D eigenvalue weighted by molar-refractivity contribution is -0.142. The summed E-state index contributed by atoms with van der Waals surface area (Å²) in [4.78, 5) is 27.7. The Bertz CT molecular complexity index is 749. The minimum Gasteiger partial charge on any atom is -0.350 e. The Balaban J connectivity index is 1.74. The van der Waals surface area contributed by atoms with Crippen molar-refractivity contribution in [3.05, 3.63) is 35.4 Å². The SMILES string of the molecule is Cc1cccc(CC2(NC(=O)[C@@]3(C)CC[C@@H](C(=O)N(C)C)C3(C)C)CC2)c1. The Labute approximate surface area is 163 Å². The van der Waals surface area contributed by atoms with Gasteiger partial charge in [-0.15, -0.1) is 0 Å². The summed E-state index contributed by atoms with van der Waals surface area (Å²) in [6, 6.07) is 8.54. The van der Waals surface area contributed by atoms with Crippen molar-refractivity contribution in [3.8, 4) is 0 Å². The van der Waals surface area contributed by atoms with Gasteiger partial charge in [-0.25, -0.2) is 0 Å². The summed E-state index contributed by atoms with van der Waals surface area (Å²) in [7, 11) is 3.60. The molecule has 27 heavy (non-hydrogen) atoms. The van der Waals surface area contributed by atoms with Gasteiger partial charge in [0, 0.05) is 25.6 Å². The molecule has 0 spiro atoms. The molecule has 1 N–H and O–H groups in total. The third-order valence-electron chi connectivity index (χ3n) is 7.32. The summed E-state index contributed by atoms with van der Waals surface area (Å²) < 4.78 is 0. The van der Waals surface area contributed by atoms with Crippen molar-refractivity contribution in [1.82, 2.24) is 10.2 Å². The van der Waals surface area contributed by atoms with Crippen LogP contribution in [0.1, 0.15) is 57.6 Å². The molecule has 2 aliphatic rings. The van der Waals surface area contributed by atoms with Crippen LogP contribution in [-0.2, 0) is 16.0 Å². The topological polar surface area (TPSA) is 49.4 Å². The molecule has 3 rings (SSSR count). The van der Waals surface area contributed by atoms with Gasteiger partial charge in [-0.1, -0.05) is 50.6 Å². The summed E-state index contributed by atoms with van der Waals surface area (Å²) in [6.07, 6.45) is 4.49. The van der Waals surface area contributed by atoms with Crippen molar-refractivity contribution in [1.29, 1.82) is 0 Å². The highest BCUT2D eigenvalue weighted by Gasteiger charge is 2.59. The normalized spacial score (nSPS) is 27.9. The fourth-order valence-electron chi connectivity index (χ4n) is 4.74. The molecule has 1 aromatic carbocycles. The van der Waals surface area contributed by atoms with Crippen molar-refractivity contribution >= 4 is 11.8 Å². The zero-order valence-electron chi connectivity index (χ0n) is 17.7. The van der Waals surface area contributed by atoms with E-state index < -0.39 is 5.41 Å². The van der Waals surface area contributed by atoms with Crippen molar-refractivity contribution < 1.29 is 9.59 Å². The number of nitrogens with one attached hydrogen (secondary N) is 1. The van der Waals surface area contributed by atoms with E-state index in [1.54, 1.807) is 19.0 Å². The third-order valence-corrected chi connectivity index (χ3v) is 7.32. The first-order valence-electron chi connectivity index (χ1n) is 10.1. The van der Waals surface area contributed by atoms with Gasteiger partial charge in [-0.2, -0.15) is 0 Å². The van der Waals surface area contributed by atoms with Crippen LogP contribution >= 0.6 is 0 Å². The summed E-state index contributed by atoms with van der Waals surface area (Å²) >= 11 is 0. The van der Waals surface area contributed by atoms with Gasteiger partial charge in [0.2, 0.25) is 11.8 Å². The molecule has 0 unspecified atom stereocenters. The van der Waals surface area contributed by atoms with Gasteiger partial charge in [0.25, 0.3) is 0 Å². The quantitative estimate of drug-likeness (QED) is 0.859. The predicted molar refractivity (Wildman–Crippen MR) is 108 cm³/mol. The van der Waals surface area contributed by atoms with Crippen molar-refractivity contribution in [2.75, 3.05) is 14.1 Å². The van der Waals surface area contributed by atoms with E-state index in [0.717, 1.165) is 32.1 Å². The average molecular weight is 371 g/mol. The average Bonchev–Trinajstić information content (AvgIpc) is 3.27. The molecule has 0 heterocycles. The van der Waals surface area contributed by atoms with E-state index in [1.807, 2.05) is 6.92 Å². The Morgan fingerprint density at radius 2 is 1.81 bits per heavy atom. The minimum atomic E-state index is -0.522. The summed E-state index contributed by atoms with van der Waals surface area (Å²) in [5, 5.41) is 3.40. The van der Waals surface area contributed by atoms with E-state index >= 15 is 0 Å². The maximum absolute atomic E-state index is 13.4. The molecule has 0 aliphatic heterocycles. The van der Waals surface area contributed by atoms with E-state index in [2.05, 4.69) is 50.4 Å². The highest BCUT2D eigenvalue weighted by molar-refractivity contribution is 5.88. The van der Waals surface area contributed by atoms with Crippen LogP contribution in [0.5, 0.6) is 0 Å². The number of nitrogens with zero attached hydrogens (tertiary/aromatic N) is 1. The third kappa shape index (κ3) is 3.51. The summed E-state index contributed by atoms with van der Waals surface area (Å²) in [5.74, 6) is 0.152. The summed E-state index contributed by atoms with van der Waals surface area (Å²) in [5.41, 5.74) is 1.55. The predicted octanol–water partition coefficient (Wildman–Crippen LogP) is 3.72. The molecule has 0 aromatic heterocycles. The van der Waals surface area contributed by atoms with E-state index in [9.17, 15) is 9.59 Å². The molecule has 2 fully saturated rings. The van der Waals surface area contributed by atoms with Gasteiger partial charge in [0.05, 0.1) is 5.41 Å². The lowest BCUT2D eigenvalue weighted by atomic mass is 9.64. The Hall–Kier alpha value is -1.84. The van der Waals surface area contributed by atoms with Crippen LogP contribution in [0.25, 0.3) is 0 Å². The molecule has 0 saturated heterocycles. The fourth-order valence-corrected chi connectivity index (χ4v) is 4.74. The lowest BCUT2D eigenvalue weighted by Crippen LogP contribution is -2.52. The molecule has 0 bridgehead atoms. The van der Waals surface area contributed by atoms with Gasteiger partial charge in [-0.3, -0.25) is 9.59 Å². The first-order valence-corrected chi connectivity index (χ1v) is 10.1. The van der Waals surface area contributed by atoms with Crippen LogP contribution in [0.4, 0.5) is 0 Å². The van der Waals surface area contributed by atoms with Crippen LogP contribution in [0.3, 0.4) is 0 Å². The first-order chi connectivity index (χ1) is 12.5. The molecule has 2 atom stereocenters. The molecule has 0 radical (unpaired) electrons. The van der Waals surface area contributed by atoms with Gasteiger partial charge in [0.15, 0.2) is 0 Å². The molecule has 4 nitrogen and oxygen atoms in total. The van der Waals surface area contributed by atoms with E-state index in [-0.39, 0.29) is 28.7 Å². The highest BCUT2D eigenvalue weighted by atomic mass is 16.2. The first kappa shape index (κ1) is 19.9. The van der Waals surface area contributed by atoms with Crippen LogP contribution in [0.15, 0.2) is 24.3 Å². The van der Waals surface area contributed by atoms with Gasteiger partial charge in [-0.05, 0) is 50.0 Å².